The second-order valence-electron chi connectivity index (χ2n) is 3.92. The highest BCUT2D eigenvalue weighted by molar-refractivity contribution is 5.74. The summed E-state index contributed by atoms with van der Waals surface area (Å²) < 4.78 is 5.02. The number of hydrogen-bond acceptors (Lipinski definition) is 3. The van der Waals surface area contributed by atoms with Crippen molar-refractivity contribution in [2.75, 3.05) is 0 Å². The van der Waals surface area contributed by atoms with Gasteiger partial charge >= 0.3 is 5.97 Å². The summed E-state index contributed by atoms with van der Waals surface area (Å²) in [7, 11) is 0. The van der Waals surface area contributed by atoms with Crippen molar-refractivity contribution in [3.8, 4) is 0 Å². The Morgan fingerprint density at radius 1 is 1.38 bits per heavy atom. The van der Waals surface area contributed by atoms with Gasteiger partial charge in [-0.25, -0.2) is 4.79 Å². The summed E-state index contributed by atoms with van der Waals surface area (Å²) in [6.07, 6.45) is -0.268. The van der Waals surface area contributed by atoms with Crippen LogP contribution in [0.2, 0.25) is 0 Å². The number of benzene rings is 1. The van der Waals surface area contributed by atoms with Crippen LogP contribution in [0.15, 0.2) is 30.3 Å². The molecule has 0 spiro atoms. The molecule has 2 atom stereocenters. The number of carbonyl (C=O) groups excluding carboxylic acids is 1. The molecule has 88 valence electrons. The van der Waals surface area contributed by atoms with Gasteiger partial charge in [-0.1, -0.05) is 50.6 Å². The summed E-state index contributed by atoms with van der Waals surface area (Å²) >= 11 is 0. The molecule has 0 bridgehead atoms. The van der Waals surface area contributed by atoms with Gasteiger partial charge in [0.2, 0.25) is 0 Å². The number of hydrogen-bond donors (Lipinski definition) is 1. The number of rotatable bonds is 5. The van der Waals surface area contributed by atoms with Crippen molar-refractivity contribution < 1.29 is 14.6 Å². The van der Waals surface area contributed by atoms with Gasteiger partial charge in [-0.2, -0.15) is 0 Å². The van der Waals surface area contributed by atoms with Crippen molar-refractivity contribution in [1.29, 1.82) is 0 Å². The lowest BCUT2D eigenvalue weighted by Crippen LogP contribution is -2.29. The zero-order valence-corrected chi connectivity index (χ0v) is 9.72. The number of esters is 1. The van der Waals surface area contributed by atoms with E-state index < -0.39 is 12.1 Å². The molecule has 0 fully saturated rings. The smallest absolute Gasteiger partial charge is 0.335 e. The SMILES string of the molecule is CC[C@H](C)[C@@H](O)C(=O)OCc1ccccc1. The molecule has 3 nitrogen and oxygen atoms in total. The van der Waals surface area contributed by atoms with Crippen molar-refractivity contribution >= 4 is 5.97 Å². The summed E-state index contributed by atoms with van der Waals surface area (Å²) in [5.74, 6) is -0.610. The van der Waals surface area contributed by atoms with E-state index in [1.165, 1.54) is 0 Å². The first-order valence-electron chi connectivity index (χ1n) is 5.53. The van der Waals surface area contributed by atoms with Crippen LogP contribution in [0.1, 0.15) is 25.8 Å². The molecule has 1 rings (SSSR count). The van der Waals surface area contributed by atoms with Crippen molar-refractivity contribution in [1.82, 2.24) is 0 Å². The lowest BCUT2D eigenvalue weighted by Gasteiger charge is -2.15. The normalized spacial score (nSPS) is 14.2. The Bertz CT molecular complexity index is 321. The third-order valence-corrected chi connectivity index (χ3v) is 2.65. The molecule has 1 N–H and O–H groups in total. The second kappa shape index (κ2) is 6.28. The molecule has 3 heteroatoms. The molecular weight excluding hydrogens is 204 g/mol. The second-order valence-corrected chi connectivity index (χ2v) is 3.92. The first kappa shape index (κ1) is 12.7. The van der Waals surface area contributed by atoms with E-state index in [4.69, 9.17) is 4.74 Å². The fraction of sp³-hybridized carbons (Fsp3) is 0.462. The van der Waals surface area contributed by atoms with E-state index in [0.717, 1.165) is 12.0 Å². The molecular formula is C13H18O3. The number of ether oxygens (including phenoxy) is 1. The highest BCUT2D eigenvalue weighted by Gasteiger charge is 2.22. The van der Waals surface area contributed by atoms with Gasteiger partial charge in [0, 0.05) is 0 Å². The molecule has 0 saturated heterocycles. The molecule has 0 amide bonds. The standard InChI is InChI=1S/C13H18O3/c1-3-10(2)12(14)13(15)16-9-11-7-5-4-6-8-11/h4-8,10,12,14H,3,9H2,1-2H3/t10-,12+/m0/s1. The molecule has 0 saturated carbocycles. The Balaban J connectivity index is 2.41. The Morgan fingerprint density at radius 2 is 2.00 bits per heavy atom. The van der Waals surface area contributed by atoms with Crippen LogP contribution in [0.3, 0.4) is 0 Å². The fourth-order valence-corrected chi connectivity index (χ4v) is 1.27. The van der Waals surface area contributed by atoms with Gasteiger partial charge in [-0.05, 0) is 11.5 Å². The van der Waals surface area contributed by atoms with Gasteiger partial charge < -0.3 is 9.84 Å². The van der Waals surface area contributed by atoms with Gasteiger partial charge in [0.05, 0.1) is 0 Å². The summed E-state index contributed by atoms with van der Waals surface area (Å²) in [6.45, 7) is 3.97. The van der Waals surface area contributed by atoms with Crippen LogP contribution in [-0.4, -0.2) is 17.2 Å². The van der Waals surface area contributed by atoms with Gasteiger partial charge in [-0.3, -0.25) is 0 Å². The van der Waals surface area contributed by atoms with E-state index in [2.05, 4.69) is 0 Å². The van der Waals surface area contributed by atoms with Crippen LogP contribution in [0.4, 0.5) is 0 Å². The lowest BCUT2D eigenvalue weighted by molar-refractivity contribution is -0.157. The maximum Gasteiger partial charge on any atom is 0.335 e. The lowest BCUT2D eigenvalue weighted by atomic mass is 10.0. The van der Waals surface area contributed by atoms with Crippen molar-refractivity contribution in [3.63, 3.8) is 0 Å². The van der Waals surface area contributed by atoms with Crippen LogP contribution in [0, 0.1) is 5.92 Å². The maximum absolute atomic E-state index is 11.4. The number of carbonyl (C=O) groups is 1. The summed E-state index contributed by atoms with van der Waals surface area (Å²) in [5, 5.41) is 9.59. The van der Waals surface area contributed by atoms with Gasteiger partial charge in [0.15, 0.2) is 6.10 Å². The van der Waals surface area contributed by atoms with Crippen LogP contribution in [-0.2, 0) is 16.1 Å². The molecule has 0 heterocycles. The van der Waals surface area contributed by atoms with Crippen molar-refractivity contribution in [2.45, 2.75) is 33.0 Å². The monoisotopic (exact) mass is 222 g/mol. The Labute approximate surface area is 96.1 Å². The Morgan fingerprint density at radius 3 is 2.56 bits per heavy atom. The third kappa shape index (κ3) is 3.66. The average molecular weight is 222 g/mol. The fourth-order valence-electron chi connectivity index (χ4n) is 1.27. The van der Waals surface area contributed by atoms with E-state index in [1.807, 2.05) is 44.2 Å². The zero-order chi connectivity index (χ0) is 12.0. The first-order valence-corrected chi connectivity index (χ1v) is 5.53. The molecule has 0 aliphatic rings. The predicted octanol–water partition coefficient (Wildman–Crippen LogP) is 2.14. The minimum atomic E-state index is -1.02. The number of aliphatic hydroxyl groups excluding tert-OH is 1. The zero-order valence-electron chi connectivity index (χ0n) is 9.72. The minimum Gasteiger partial charge on any atom is -0.459 e. The van der Waals surface area contributed by atoms with E-state index >= 15 is 0 Å². The highest BCUT2D eigenvalue weighted by Crippen LogP contribution is 2.10. The van der Waals surface area contributed by atoms with Gasteiger partial charge in [-0.15, -0.1) is 0 Å². The first-order chi connectivity index (χ1) is 7.65. The van der Waals surface area contributed by atoms with E-state index in [0.29, 0.717) is 0 Å². The van der Waals surface area contributed by atoms with Crippen LogP contribution >= 0.6 is 0 Å². The molecule has 0 radical (unpaired) electrons. The summed E-state index contributed by atoms with van der Waals surface area (Å²) in [6, 6.07) is 9.42. The Kier molecular flexibility index (Phi) is 4.99. The number of aliphatic hydroxyl groups is 1. The van der Waals surface area contributed by atoms with E-state index in [9.17, 15) is 9.90 Å². The minimum absolute atomic E-state index is 0.0664. The topological polar surface area (TPSA) is 46.5 Å². The third-order valence-electron chi connectivity index (χ3n) is 2.65. The molecule has 0 unspecified atom stereocenters. The highest BCUT2D eigenvalue weighted by atomic mass is 16.5. The van der Waals surface area contributed by atoms with Crippen LogP contribution in [0.25, 0.3) is 0 Å². The van der Waals surface area contributed by atoms with Crippen LogP contribution < -0.4 is 0 Å². The predicted molar refractivity (Wildman–Crippen MR) is 61.7 cm³/mol. The van der Waals surface area contributed by atoms with Crippen LogP contribution in [0.5, 0.6) is 0 Å². The molecule has 1 aromatic carbocycles. The van der Waals surface area contributed by atoms with Gasteiger partial charge in [0.25, 0.3) is 0 Å². The summed E-state index contributed by atoms with van der Waals surface area (Å²) in [5.41, 5.74) is 0.923. The van der Waals surface area contributed by atoms with Gasteiger partial charge in [0.1, 0.15) is 6.61 Å². The van der Waals surface area contributed by atoms with Crippen molar-refractivity contribution in [2.24, 2.45) is 5.92 Å². The molecule has 0 aliphatic carbocycles. The Hall–Kier alpha value is -1.35. The summed E-state index contributed by atoms with van der Waals surface area (Å²) in [4.78, 5) is 11.4. The molecule has 0 aliphatic heterocycles. The van der Waals surface area contributed by atoms with E-state index in [-0.39, 0.29) is 12.5 Å². The quantitative estimate of drug-likeness (QED) is 0.776. The maximum atomic E-state index is 11.4. The molecule has 16 heavy (non-hydrogen) atoms. The van der Waals surface area contributed by atoms with E-state index in [1.54, 1.807) is 0 Å². The average Bonchev–Trinajstić information content (AvgIpc) is 2.35. The largest absolute Gasteiger partial charge is 0.459 e. The molecule has 0 aromatic heterocycles. The molecule has 1 aromatic rings. The van der Waals surface area contributed by atoms with Crippen molar-refractivity contribution in [3.05, 3.63) is 35.9 Å².